The summed E-state index contributed by atoms with van der Waals surface area (Å²) < 4.78 is 14.8. The van der Waals surface area contributed by atoms with Gasteiger partial charge in [0, 0.05) is 0 Å². The first kappa shape index (κ1) is 10.5. The van der Waals surface area contributed by atoms with Crippen molar-refractivity contribution in [2.75, 3.05) is 0 Å². The van der Waals surface area contributed by atoms with Crippen molar-refractivity contribution in [3.05, 3.63) is 36.5 Å². The van der Waals surface area contributed by atoms with Gasteiger partial charge < -0.3 is 0 Å². The number of hydrogen-bond donors (Lipinski definition) is 0. The number of pyridine rings is 1. The van der Waals surface area contributed by atoms with Crippen molar-refractivity contribution in [2.45, 2.75) is 18.9 Å². The minimum atomic E-state index is -0.362. The Morgan fingerprint density at radius 3 is 2.68 bits per heavy atom. The lowest BCUT2D eigenvalue weighted by atomic mass is 10.3. The molecule has 0 bridgehead atoms. The van der Waals surface area contributed by atoms with Gasteiger partial charge in [-0.3, -0.25) is 4.98 Å². The van der Waals surface area contributed by atoms with E-state index in [2.05, 4.69) is 20.1 Å². The zero-order valence-electron chi connectivity index (χ0n) is 9.99. The Balaban J connectivity index is 1.81. The summed E-state index contributed by atoms with van der Waals surface area (Å²) in [6, 6.07) is 3.43. The number of fused-ring (bicyclic) bond motifs is 1. The average Bonchev–Trinajstić information content (AvgIpc) is 3.19. The first-order valence-corrected chi connectivity index (χ1v) is 6.13. The van der Waals surface area contributed by atoms with Crippen LogP contribution in [0.1, 0.15) is 18.9 Å². The summed E-state index contributed by atoms with van der Waals surface area (Å²) in [4.78, 5) is 12.9. The van der Waals surface area contributed by atoms with E-state index in [4.69, 9.17) is 0 Å². The first-order chi connectivity index (χ1) is 9.31. The van der Waals surface area contributed by atoms with Crippen molar-refractivity contribution in [1.29, 1.82) is 0 Å². The smallest absolute Gasteiger partial charge is 0.177 e. The lowest BCUT2D eigenvalue weighted by Crippen LogP contribution is -1.98. The quantitative estimate of drug-likeness (QED) is 0.705. The standard InChI is InChI=1S/C13H10FN5/c14-8-1-4-10(15-5-8)11-6-16-13-12(18-11)7-17-19(13)9-2-3-9/h1,4-7,9H,2-3H2. The molecule has 0 saturated heterocycles. The minimum absolute atomic E-state index is 0.362. The highest BCUT2D eigenvalue weighted by Crippen LogP contribution is 2.35. The van der Waals surface area contributed by atoms with Crippen LogP contribution in [0.25, 0.3) is 22.6 Å². The molecular formula is C13H10FN5. The van der Waals surface area contributed by atoms with Crippen LogP contribution in [0.2, 0.25) is 0 Å². The molecule has 0 radical (unpaired) electrons. The Morgan fingerprint density at radius 2 is 1.95 bits per heavy atom. The van der Waals surface area contributed by atoms with Gasteiger partial charge in [0.05, 0.1) is 30.3 Å². The molecule has 3 aromatic heterocycles. The van der Waals surface area contributed by atoms with Crippen LogP contribution < -0.4 is 0 Å². The molecule has 0 aromatic carbocycles. The summed E-state index contributed by atoms with van der Waals surface area (Å²) in [6.45, 7) is 0. The fourth-order valence-corrected chi connectivity index (χ4v) is 2.07. The molecule has 1 aliphatic carbocycles. The molecular weight excluding hydrogens is 245 g/mol. The van der Waals surface area contributed by atoms with Gasteiger partial charge in [-0.1, -0.05) is 0 Å². The van der Waals surface area contributed by atoms with Crippen LogP contribution in [-0.4, -0.2) is 24.7 Å². The third-order valence-electron chi connectivity index (χ3n) is 3.18. The van der Waals surface area contributed by atoms with Crippen LogP contribution in [0.4, 0.5) is 4.39 Å². The zero-order chi connectivity index (χ0) is 12.8. The summed E-state index contributed by atoms with van der Waals surface area (Å²) in [7, 11) is 0. The first-order valence-electron chi connectivity index (χ1n) is 6.13. The van der Waals surface area contributed by atoms with E-state index in [1.807, 2.05) is 4.68 Å². The van der Waals surface area contributed by atoms with E-state index in [1.54, 1.807) is 18.5 Å². The molecule has 3 heterocycles. The monoisotopic (exact) mass is 255 g/mol. The van der Waals surface area contributed by atoms with Crippen LogP contribution in [-0.2, 0) is 0 Å². The van der Waals surface area contributed by atoms with Crippen LogP contribution in [0.5, 0.6) is 0 Å². The van der Waals surface area contributed by atoms with Crippen molar-refractivity contribution in [3.8, 4) is 11.4 Å². The van der Waals surface area contributed by atoms with Gasteiger partial charge in [-0.25, -0.2) is 19.0 Å². The topological polar surface area (TPSA) is 56.5 Å². The van der Waals surface area contributed by atoms with E-state index >= 15 is 0 Å². The molecule has 0 unspecified atom stereocenters. The molecule has 94 valence electrons. The molecule has 4 rings (SSSR count). The third kappa shape index (κ3) is 1.76. The predicted octanol–water partition coefficient (Wildman–Crippen LogP) is 2.36. The number of halogens is 1. The van der Waals surface area contributed by atoms with E-state index in [9.17, 15) is 4.39 Å². The zero-order valence-corrected chi connectivity index (χ0v) is 9.99. The summed E-state index contributed by atoms with van der Waals surface area (Å²) in [5, 5.41) is 4.32. The minimum Gasteiger partial charge on any atom is -0.252 e. The summed E-state index contributed by atoms with van der Waals surface area (Å²) in [6.07, 6.45) is 6.85. The molecule has 3 aromatic rings. The molecule has 0 amide bonds. The molecule has 6 heteroatoms. The van der Waals surface area contributed by atoms with Gasteiger partial charge in [0.1, 0.15) is 17.0 Å². The lowest BCUT2D eigenvalue weighted by Gasteiger charge is -2.01. The predicted molar refractivity (Wildman–Crippen MR) is 66.8 cm³/mol. The second-order valence-electron chi connectivity index (χ2n) is 4.65. The molecule has 1 fully saturated rings. The largest absolute Gasteiger partial charge is 0.252 e. The maximum Gasteiger partial charge on any atom is 0.177 e. The molecule has 0 atom stereocenters. The van der Waals surface area contributed by atoms with Gasteiger partial charge in [-0.2, -0.15) is 5.10 Å². The van der Waals surface area contributed by atoms with Crippen LogP contribution in [0.15, 0.2) is 30.7 Å². The SMILES string of the molecule is Fc1ccc(-c2cnc3c(cnn3C3CC3)n2)nc1. The Labute approximate surface area is 108 Å². The van der Waals surface area contributed by atoms with Gasteiger partial charge in [-0.15, -0.1) is 0 Å². The maximum atomic E-state index is 12.8. The molecule has 0 spiro atoms. The molecule has 1 aliphatic rings. The van der Waals surface area contributed by atoms with E-state index in [0.717, 1.165) is 24.0 Å². The third-order valence-corrected chi connectivity index (χ3v) is 3.18. The molecule has 0 aliphatic heterocycles. The fourth-order valence-electron chi connectivity index (χ4n) is 2.07. The number of rotatable bonds is 2. The van der Waals surface area contributed by atoms with Crippen molar-refractivity contribution in [3.63, 3.8) is 0 Å². The molecule has 0 N–H and O–H groups in total. The molecule has 19 heavy (non-hydrogen) atoms. The number of nitrogens with zero attached hydrogens (tertiary/aromatic N) is 5. The van der Waals surface area contributed by atoms with Gasteiger partial charge in [0.15, 0.2) is 5.65 Å². The van der Waals surface area contributed by atoms with E-state index in [1.165, 1.54) is 12.3 Å². The van der Waals surface area contributed by atoms with Gasteiger partial charge in [0.25, 0.3) is 0 Å². The number of hydrogen-bond acceptors (Lipinski definition) is 4. The van der Waals surface area contributed by atoms with Crippen LogP contribution >= 0.6 is 0 Å². The summed E-state index contributed by atoms with van der Waals surface area (Å²) in [5.74, 6) is -0.362. The maximum absolute atomic E-state index is 12.8. The lowest BCUT2D eigenvalue weighted by molar-refractivity contribution is 0.622. The van der Waals surface area contributed by atoms with Crippen molar-refractivity contribution in [1.82, 2.24) is 24.7 Å². The van der Waals surface area contributed by atoms with Crippen LogP contribution in [0, 0.1) is 5.82 Å². The Bertz CT molecular complexity index is 745. The Morgan fingerprint density at radius 1 is 1.05 bits per heavy atom. The van der Waals surface area contributed by atoms with Crippen molar-refractivity contribution in [2.24, 2.45) is 0 Å². The summed E-state index contributed by atoms with van der Waals surface area (Å²) in [5.41, 5.74) is 2.78. The van der Waals surface area contributed by atoms with Gasteiger partial charge >= 0.3 is 0 Å². The van der Waals surface area contributed by atoms with E-state index < -0.39 is 0 Å². The average molecular weight is 255 g/mol. The van der Waals surface area contributed by atoms with Gasteiger partial charge in [0.2, 0.25) is 0 Å². The normalized spacial score (nSPS) is 15.0. The van der Waals surface area contributed by atoms with Gasteiger partial charge in [-0.05, 0) is 25.0 Å². The Kier molecular flexibility index (Phi) is 2.11. The summed E-state index contributed by atoms with van der Waals surface area (Å²) >= 11 is 0. The second kappa shape index (κ2) is 3.81. The van der Waals surface area contributed by atoms with Crippen molar-refractivity contribution >= 4 is 11.2 Å². The highest BCUT2D eigenvalue weighted by molar-refractivity contribution is 5.72. The van der Waals surface area contributed by atoms with E-state index in [0.29, 0.717) is 17.4 Å². The highest BCUT2D eigenvalue weighted by Gasteiger charge is 2.26. The number of aromatic nitrogens is 5. The molecule has 1 saturated carbocycles. The Hall–Kier alpha value is -2.37. The van der Waals surface area contributed by atoms with E-state index in [-0.39, 0.29) is 5.82 Å². The fraction of sp³-hybridized carbons (Fsp3) is 0.231. The van der Waals surface area contributed by atoms with Crippen LogP contribution in [0.3, 0.4) is 0 Å². The second-order valence-corrected chi connectivity index (χ2v) is 4.65. The molecule has 5 nitrogen and oxygen atoms in total. The highest BCUT2D eigenvalue weighted by atomic mass is 19.1. The van der Waals surface area contributed by atoms with Crippen molar-refractivity contribution < 1.29 is 4.39 Å².